The van der Waals surface area contributed by atoms with Gasteiger partial charge in [-0.2, -0.15) is 13.2 Å². The predicted octanol–water partition coefficient (Wildman–Crippen LogP) is 1.23. The van der Waals surface area contributed by atoms with Crippen molar-refractivity contribution in [2.45, 2.75) is 13.1 Å². The Kier molecular flexibility index (Phi) is 7.51. The molecule has 0 atom stereocenters. The van der Waals surface area contributed by atoms with Gasteiger partial charge in [-0.1, -0.05) is 6.58 Å². The third-order valence-corrected chi connectivity index (χ3v) is 0.422. The lowest BCUT2D eigenvalue weighted by molar-refractivity contribution is -0.193. The summed E-state index contributed by atoms with van der Waals surface area (Å²) >= 11 is 0. The first-order valence-corrected chi connectivity index (χ1v) is 2.89. The fraction of sp³-hybridized carbons (Fsp3) is 0.500. The zero-order chi connectivity index (χ0) is 10.2. The van der Waals surface area contributed by atoms with Crippen molar-refractivity contribution in [3.8, 4) is 0 Å². The highest BCUT2D eigenvalue weighted by Gasteiger charge is 2.40. The molecule has 72 valence electrons. The number of aliphatic hydroxyl groups excluding tert-OH is 1. The second-order valence-corrected chi connectivity index (χ2v) is 1.39. The minimum absolute atomic E-state index is 0.250. The maximum absolute atomic E-state index is 11.1. The quantitative estimate of drug-likeness (QED) is 0.495. The van der Waals surface area contributed by atoms with Gasteiger partial charge in [0.05, 0.1) is 6.26 Å². The van der Waals surface area contributed by atoms with E-state index in [4.69, 9.17) is 5.11 Å². The van der Waals surface area contributed by atoms with Crippen LogP contribution in [0.2, 0.25) is 0 Å². The third kappa shape index (κ3) is 8.96. The average molecular weight is 186 g/mol. The summed E-state index contributed by atoms with van der Waals surface area (Å²) in [6.45, 7) is 4.70. The molecule has 0 aromatic rings. The Morgan fingerprint density at radius 2 is 2.00 bits per heavy atom. The van der Waals surface area contributed by atoms with Gasteiger partial charge in [0.2, 0.25) is 0 Å². The third-order valence-electron chi connectivity index (χ3n) is 0.422. The molecule has 0 saturated carbocycles. The standard InChI is InChI=1S/C4H3F3O2.C2H6O/c1-2-9-3(8)4(5,6)7;1-2-3/h2H,1H2;3H,2H2,1H3. The van der Waals surface area contributed by atoms with Gasteiger partial charge in [-0.15, -0.1) is 0 Å². The lowest BCUT2D eigenvalue weighted by Crippen LogP contribution is -2.23. The zero-order valence-corrected chi connectivity index (χ0v) is 6.39. The van der Waals surface area contributed by atoms with E-state index in [1.165, 1.54) is 0 Å². The highest BCUT2D eigenvalue weighted by atomic mass is 19.4. The molecule has 0 unspecified atom stereocenters. The summed E-state index contributed by atoms with van der Waals surface area (Å²) in [6.07, 6.45) is -4.50. The van der Waals surface area contributed by atoms with Crippen LogP contribution in [0.5, 0.6) is 0 Å². The second kappa shape index (κ2) is 6.66. The molecule has 0 heterocycles. The predicted molar refractivity (Wildman–Crippen MR) is 35.1 cm³/mol. The molecule has 3 nitrogen and oxygen atoms in total. The van der Waals surface area contributed by atoms with Gasteiger partial charge in [0, 0.05) is 6.61 Å². The number of rotatable bonds is 1. The first-order valence-electron chi connectivity index (χ1n) is 2.89. The number of ether oxygens (including phenoxy) is 1. The van der Waals surface area contributed by atoms with E-state index in [1.54, 1.807) is 6.92 Å². The summed E-state index contributed by atoms with van der Waals surface area (Å²) < 4.78 is 36.7. The Morgan fingerprint density at radius 1 is 1.67 bits per heavy atom. The molecule has 0 saturated heterocycles. The van der Waals surface area contributed by atoms with Crippen LogP contribution >= 0.6 is 0 Å². The molecular weight excluding hydrogens is 177 g/mol. The molecule has 1 N–H and O–H groups in total. The minimum atomic E-state index is -4.92. The van der Waals surface area contributed by atoms with Crippen LogP contribution in [0.3, 0.4) is 0 Å². The van der Waals surface area contributed by atoms with Crippen molar-refractivity contribution in [1.29, 1.82) is 0 Å². The van der Waals surface area contributed by atoms with Gasteiger partial charge < -0.3 is 9.84 Å². The van der Waals surface area contributed by atoms with Gasteiger partial charge in [-0.25, -0.2) is 4.79 Å². The summed E-state index contributed by atoms with van der Waals surface area (Å²) in [4.78, 5) is 9.65. The van der Waals surface area contributed by atoms with Gasteiger partial charge in [-0.05, 0) is 6.92 Å². The summed E-state index contributed by atoms with van der Waals surface area (Å²) in [7, 11) is 0. The SMILES string of the molecule is C=COC(=O)C(F)(F)F.CCO. The second-order valence-electron chi connectivity index (χ2n) is 1.39. The maximum atomic E-state index is 11.1. The monoisotopic (exact) mass is 186 g/mol. The van der Waals surface area contributed by atoms with Crippen LogP contribution in [0.25, 0.3) is 0 Å². The number of hydrogen-bond acceptors (Lipinski definition) is 3. The summed E-state index contributed by atoms with van der Waals surface area (Å²) in [5.41, 5.74) is 0. The molecule has 0 radical (unpaired) electrons. The molecule has 0 bridgehead atoms. The van der Waals surface area contributed by atoms with E-state index in [1.807, 2.05) is 0 Å². The Morgan fingerprint density at radius 3 is 2.08 bits per heavy atom. The molecule has 0 fully saturated rings. The van der Waals surface area contributed by atoms with Crippen LogP contribution in [-0.4, -0.2) is 23.9 Å². The maximum Gasteiger partial charge on any atom is 0.491 e. The molecule has 0 rings (SSSR count). The molecule has 0 aromatic carbocycles. The normalized spacial score (nSPS) is 9.42. The molecule has 0 aromatic heterocycles. The van der Waals surface area contributed by atoms with Crippen molar-refractivity contribution < 1.29 is 27.8 Å². The number of alkyl halides is 3. The zero-order valence-electron chi connectivity index (χ0n) is 6.39. The van der Waals surface area contributed by atoms with Crippen molar-refractivity contribution in [3.63, 3.8) is 0 Å². The molecule has 12 heavy (non-hydrogen) atoms. The topological polar surface area (TPSA) is 46.5 Å². The van der Waals surface area contributed by atoms with Crippen LogP contribution in [0.1, 0.15) is 6.92 Å². The lowest BCUT2D eigenvalue weighted by atomic mass is 10.7. The van der Waals surface area contributed by atoms with E-state index in [9.17, 15) is 18.0 Å². The van der Waals surface area contributed by atoms with Gasteiger partial charge in [0.1, 0.15) is 0 Å². The first kappa shape index (κ1) is 13.5. The Hall–Kier alpha value is -1.04. The molecule has 0 aliphatic carbocycles. The molecule has 0 aliphatic heterocycles. The summed E-state index contributed by atoms with van der Waals surface area (Å²) in [5.74, 6) is -2.25. The van der Waals surface area contributed by atoms with Gasteiger partial charge >= 0.3 is 12.1 Å². The fourth-order valence-electron chi connectivity index (χ4n) is 0.143. The van der Waals surface area contributed by atoms with Crippen LogP contribution in [0, 0.1) is 0 Å². The largest absolute Gasteiger partial charge is 0.491 e. The van der Waals surface area contributed by atoms with Crippen LogP contribution < -0.4 is 0 Å². The van der Waals surface area contributed by atoms with Gasteiger partial charge in [-0.3, -0.25) is 0 Å². The average Bonchev–Trinajstić information content (AvgIpc) is 1.88. The number of carbonyl (C=O) groups is 1. The molecule has 0 spiro atoms. The van der Waals surface area contributed by atoms with Crippen molar-refractivity contribution in [2.24, 2.45) is 0 Å². The Bertz CT molecular complexity index is 141. The number of hydrogen-bond donors (Lipinski definition) is 1. The molecule has 0 amide bonds. The number of halogens is 3. The molecule has 6 heteroatoms. The van der Waals surface area contributed by atoms with E-state index in [0.29, 0.717) is 6.26 Å². The van der Waals surface area contributed by atoms with E-state index < -0.39 is 12.1 Å². The van der Waals surface area contributed by atoms with E-state index in [2.05, 4.69) is 11.3 Å². The molecular formula is C6H9F3O3. The fourth-order valence-corrected chi connectivity index (χ4v) is 0.143. The number of carbonyl (C=O) groups excluding carboxylic acids is 1. The smallest absolute Gasteiger partial charge is 0.428 e. The van der Waals surface area contributed by atoms with Crippen molar-refractivity contribution >= 4 is 5.97 Å². The number of esters is 1. The van der Waals surface area contributed by atoms with Gasteiger partial charge in [0.25, 0.3) is 0 Å². The van der Waals surface area contributed by atoms with Crippen molar-refractivity contribution in [3.05, 3.63) is 12.8 Å². The van der Waals surface area contributed by atoms with Crippen LogP contribution in [-0.2, 0) is 9.53 Å². The van der Waals surface area contributed by atoms with Crippen LogP contribution in [0.4, 0.5) is 13.2 Å². The van der Waals surface area contributed by atoms with E-state index in [0.717, 1.165) is 0 Å². The Labute approximate surface area is 67.4 Å². The lowest BCUT2D eigenvalue weighted by Gasteiger charge is -2.00. The van der Waals surface area contributed by atoms with Gasteiger partial charge in [0.15, 0.2) is 0 Å². The van der Waals surface area contributed by atoms with Crippen LogP contribution in [0.15, 0.2) is 12.8 Å². The number of aliphatic hydroxyl groups is 1. The van der Waals surface area contributed by atoms with E-state index in [-0.39, 0.29) is 6.61 Å². The molecule has 0 aliphatic rings. The van der Waals surface area contributed by atoms with Crippen molar-refractivity contribution in [1.82, 2.24) is 0 Å². The van der Waals surface area contributed by atoms with E-state index >= 15 is 0 Å². The summed E-state index contributed by atoms with van der Waals surface area (Å²) in [5, 5.41) is 7.57. The van der Waals surface area contributed by atoms with Crippen molar-refractivity contribution in [2.75, 3.05) is 6.61 Å². The highest BCUT2D eigenvalue weighted by Crippen LogP contribution is 2.15. The highest BCUT2D eigenvalue weighted by molar-refractivity contribution is 5.76. The first-order chi connectivity index (χ1) is 5.40. The minimum Gasteiger partial charge on any atom is -0.428 e. The summed E-state index contributed by atoms with van der Waals surface area (Å²) in [6, 6.07) is 0. The Balaban J connectivity index is 0.